The number of furan rings is 1. The highest BCUT2D eigenvalue weighted by molar-refractivity contribution is 7.10. The van der Waals surface area contributed by atoms with Crippen molar-refractivity contribution in [3.8, 4) is 0 Å². The molecule has 2 N–H and O–H groups in total. The predicted octanol–water partition coefficient (Wildman–Crippen LogP) is 5.56. The van der Waals surface area contributed by atoms with E-state index in [1.165, 1.54) is 29.7 Å². The number of rotatable bonds is 6. The summed E-state index contributed by atoms with van der Waals surface area (Å²) in [5.74, 6) is -0.858. The number of thiophene rings is 1. The van der Waals surface area contributed by atoms with Gasteiger partial charge in [0.15, 0.2) is 5.76 Å². The van der Waals surface area contributed by atoms with Crippen LogP contribution in [0.15, 0.2) is 82.8 Å². The first-order valence-corrected chi connectivity index (χ1v) is 10.4. The van der Waals surface area contributed by atoms with Crippen molar-refractivity contribution >= 4 is 28.8 Å². The van der Waals surface area contributed by atoms with Crippen LogP contribution in [0.4, 0.5) is 10.1 Å². The summed E-state index contributed by atoms with van der Waals surface area (Å²) in [5, 5.41) is 7.71. The smallest absolute Gasteiger partial charge is 0.291 e. The van der Waals surface area contributed by atoms with E-state index in [1.807, 2.05) is 24.4 Å². The molecular weight excluding hydrogens is 415 g/mol. The highest BCUT2D eigenvalue weighted by atomic mass is 32.1. The van der Waals surface area contributed by atoms with Gasteiger partial charge in [-0.25, -0.2) is 4.39 Å². The molecule has 2 aromatic carbocycles. The minimum atomic E-state index is -0.421. The molecule has 1 atom stereocenters. The van der Waals surface area contributed by atoms with Crippen LogP contribution in [0.5, 0.6) is 0 Å². The van der Waals surface area contributed by atoms with Gasteiger partial charge in [0.25, 0.3) is 11.8 Å². The molecule has 0 saturated heterocycles. The number of hydrogen-bond donors (Lipinski definition) is 2. The van der Waals surface area contributed by atoms with Gasteiger partial charge in [-0.2, -0.15) is 0 Å². The summed E-state index contributed by atoms with van der Waals surface area (Å²) in [6.07, 6.45) is 1.42. The van der Waals surface area contributed by atoms with Crippen molar-refractivity contribution in [1.29, 1.82) is 0 Å². The Bertz CT molecular complexity index is 1190. The summed E-state index contributed by atoms with van der Waals surface area (Å²) in [7, 11) is 0. The van der Waals surface area contributed by atoms with E-state index in [1.54, 1.807) is 42.5 Å². The number of benzene rings is 2. The van der Waals surface area contributed by atoms with Crippen LogP contribution in [0.1, 0.15) is 43.0 Å². The van der Waals surface area contributed by atoms with Gasteiger partial charge in [-0.15, -0.1) is 11.3 Å². The Morgan fingerprint density at radius 1 is 1.00 bits per heavy atom. The van der Waals surface area contributed by atoms with Gasteiger partial charge in [-0.1, -0.05) is 24.3 Å². The molecule has 0 bridgehead atoms. The van der Waals surface area contributed by atoms with E-state index in [0.29, 0.717) is 11.3 Å². The number of hydrogen-bond acceptors (Lipinski definition) is 4. The summed E-state index contributed by atoms with van der Waals surface area (Å²) < 4.78 is 18.5. The van der Waals surface area contributed by atoms with Gasteiger partial charge in [0.1, 0.15) is 5.82 Å². The standard InChI is InChI=1S/C24H19FN2O3S/c1-15-6-7-17(14-19(15)26-24(29)20-4-2-12-30-20)23(28)27-22(21-5-3-13-31-21)16-8-10-18(25)11-9-16/h2-14,22H,1H3,(H,26,29)(H,27,28). The SMILES string of the molecule is Cc1ccc(C(=O)NC(c2ccc(F)cc2)c2cccs2)cc1NC(=O)c1ccco1. The Labute approximate surface area is 182 Å². The van der Waals surface area contributed by atoms with Gasteiger partial charge in [-0.05, 0) is 65.9 Å². The van der Waals surface area contributed by atoms with Crippen LogP contribution in [0.2, 0.25) is 0 Å². The lowest BCUT2D eigenvalue weighted by Gasteiger charge is -2.19. The summed E-state index contributed by atoms with van der Waals surface area (Å²) in [6.45, 7) is 1.84. The molecule has 0 radical (unpaired) electrons. The maximum Gasteiger partial charge on any atom is 0.291 e. The van der Waals surface area contributed by atoms with Gasteiger partial charge in [0, 0.05) is 16.1 Å². The molecule has 0 aliphatic rings. The average molecular weight is 434 g/mol. The Morgan fingerprint density at radius 2 is 1.81 bits per heavy atom. The van der Waals surface area contributed by atoms with E-state index in [0.717, 1.165) is 16.0 Å². The molecule has 156 valence electrons. The van der Waals surface area contributed by atoms with Crippen molar-refractivity contribution in [2.45, 2.75) is 13.0 Å². The molecule has 5 nitrogen and oxygen atoms in total. The fraction of sp³-hybridized carbons (Fsp3) is 0.0833. The molecular formula is C24H19FN2O3S. The lowest BCUT2D eigenvalue weighted by Crippen LogP contribution is -2.29. The third-order valence-corrected chi connectivity index (χ3v) is 5.74. The summed E-state index contributed by atoms with van der Waals surface area (Å²) in [4.78, 5) is 26.3. The first-order valence-electron chi connectivity index (χ1n) is 9.56. The molecule has 0 saturated carbocycles. The lowest BCUT2D eigenvalue weighted by molar-refractivity contribution is 0.0941. The van der Waals surface area contributed by atoms with E-state index in [4.69, 9.17) is 4.42 Å². The number of carbonyl (C=O) groups is 2. The molecule has 2 aromatic heterocycles. The molecule has 4 aromatic rings. The quantitative estimate of drug-likeness (QED) is 0.417. The largest absolute Gasteiger partial charge is 0.459 e. The molecule has 0 spiro atoms. The third kappa shape index (κ3) is 4.73. The lowest BCUT2D eigenvalue weighted by atomic mass is 10.0. The van der Waals surface area contributed by atoms with Crippen molar-refractivity contribution in [2.75, 3.05) is 5.32 Å². The van der Waals surface area contributed by atoms with Crippen LogP contribution in [0.3, 0.4) is 0 Å². The molecule has 1 unspecified atom stereocenters. The number of halogens is 1. The second kappa shape index (κ2) is 8.97. The zero-order valence-corrected chi connectivity index (χ0v) is 17.4. The second-order valence-electron chi connectivity index (χ2n) is 6.93. The first kappa shape index (κ1) is 20.6. The minimum absolute atomic E-state index is 0.184. The van der Waals surface area contributed by atoms with Crippen LogP contribution in [0, 0.1) is 12.7 Å². The minimum Gasteiger partial charge on any atom is -0.459 e. The van der Waals surface area contributed by atoms with Crippen molar-refractivity contribution in [1.82, 2.24) is 5.32 Å². The van der Waals surface area contributed by atoms with Crippen molar-refractivity contribution in [3.05, 3.63) is 112 Å². The van der Waals surface area contributed by atoms with Crippen LogP contribution in [0.25, 0.3) is 0 Å². The number of aryl methyl sites for hydroxylation is 1. The molecule has 0 aliphatic heterocycles. The van der Waals surface area contributed by atoms with Gasteiger partial charge in [0.05, 0.1) is 12.3 Å². The molecule has 4 rings (SSSR count). The van der Waals surface area contributed by atoms with Crippen LogP contribution in [-0.4, -0.2) is 11.8 Å². The third-order valence-electron chi connectivity index (χ3n) is 4.80. The number of carbonyl (C=O) groups excluding carboxylic acids is 2. The van der Waals surface area contributed by atoms with E-state index in [9.17, 15) is 14.0 Å². The van der Waals surface area contributed by atoms with E-state index in [-0.39, 0.29) is 17.5 Å². The fourth-order valence-corrected chi connectivity index (χ4v) is 3.94. The predicted molar refractivity (Wildman–Crippen MR) is 118 cm³/mol. The van der Waals surface area contributed by atoms with Crippen LogP contribution >= 0.6 is 11.3 Å². The molecule has 2 amide bonds. The van der Waals surface area contributed by atoms with E-state index in [2.05, 4.69) is 10.6 Å². The second-order valence-corrected chi connectivity index (χ2v) is 7.91. The van der Waals surface area contributed by atoms with Gasteiger partial charge in [0.2, 0.25) is 0 Å². The van der Waals surface area contributed by atoms with E-state index < -0.39 is 11.9 Å². The van der Waals surface area contributed by atoms with Crippen LogP contribution in [-0.2, 0) is 0 Å². The fourth-order valence-electron chi connectivity index (χ4n) is 3.13. The normalized spacial score (nSPS) is 11.7. The maximum absolute atomic E-state index is 13.4. The maximum atomic E-state index is 13.4. The number of nitrogens with one attached hydrogen (secondary N) is 2. The monoisotopic (exact) mass is 434 g/mol. The molecule has 0 aliphatic carbocycles. The van der Waals surface area contributed by atoms with Gasteiger partial charge >= 0.3 is 0 Å². The number of anilines is 1. The zero-order valence-electron chi connectivity index (χ0n) is 16.6. The summed E-state index contributed by atoms with van der Waals surface area (Å²) in [6, 6.07) is 17.7. The van der Waals surface area contributed by atoms with Crippen LogP contribution < -0.4 is 10.6 Å². The zero-order chi connectivity index (χ0) is 21.8. The van der Waals surface area contributed by atoms with Gasteiger partial charge < -0.3 is 15.1 Å². The highest BCUT2D eigenvalue weighted by Crippen LogP contribution is 2.27. The van der Waals surface area contributed by atoms with Crippen molar-refractivity contribution < 1.29 is 18.4 Å². The molecule has 0 fully saturated rings. The summed E-state index contributed by atoms with van der Waals surface area (Å²) in [5.41, 5.74) is 2.49. The number of amides is 2. The van der Waals surface area contributed by atoms with Gasteiger partial charge in [-0.3, -0.25) is 9.59 Å². The first-order chi connectivity index (χ1) is 15.0. The highest BCUT2D eigenvalue weighted by Gasteiger charge is 2.20. The summed E-state index contributed by atoms with van der Waals surface area (Å²) >= 11 is 1.50. The Hall–Kier alpha value is -3.71. The Balaban J connectivity index is 1.58. The van der Waals surface area contributed by atoms with E-state index >= 15 is 0 Å². The topological polar surface area (TPSA) is 71.3 Å². The Morgan fingerprint density at radius 3 is 2.48 bits per heavy atom. The Kier molecular flexibility index (Phi) is 5.95. The van der Waals surface area contributed by atoms with Crippen molar-refractivity contribution in [2.24, 2.45) is 0 Å². The molecule has 31 heavy (non-hydrogen) atoms. The molecule has 2 heterocycles. The average Bonchev–Trinajstić information content (AvgIpc) is 3.48. The van der Waals surface area contributed by atoms with Crippen molar-refractivity contribution in [3.63, 3.8) is 0 Å². The molecule has 7 heteroatoms.